The molecule has 1 saturated heterocycles. The van der Waals surface area contributed by atoms with Crippen molar-refractivity contribution in [2.45, 2.75) is 38.0 Å². The maximum absolute atomic E-state index is 4.32. The fraction of sp³-hybridized carbons (Fsp3) is 0.727. The zero-order valence-electron chi connectivity index (χ0n) is 9.49. The number of hydrogen-bond donors (Lipinski definition) is 1. The van der Waals surface area contributed by atoms with Gasteiger partial charge in [-0.25, -0.2) is 4.98 Å². The van der Waals surface area contributed by atoms with Crippen LogP contribution in [-0.4, -0.2) is 26.6 Å². The van der Waals surface area contributed by atoms with Crippen molar-refractivity contribution >= 4 is 17.7 Å². The van der Waals surface area contributed by atoms with Gasteiger partial charge in [0.25, 0.3) is 0 Å². The predicted molar refractivity (Wildman–Crippen MR) is 66.5 cm³/mol. The Hall–Kier alpha value is -0.640. The Balaban J connectivity index is 1.92. The van der Waals surface area contributed by atoms with Gasteiger partial charge in [0.15, 0.2) is 0 Å². The number of aromatic nitrogens is 2. The molecule has 1 N–H and O–H groups in total. The molecule has 0 bridgehead atoms. The Morgan fingerprint density at radius 3 is 3.20 bits per heavy atom. The van der Waals surface area contributed by atoms with Crippen LogP contribution in [0.3, 0.4) is 0 Å². The lowest BCUT2D eigenvalue weighted by Gasteiger charge is -2.23. The summed E-state index contributed by atoms with van der Waals surface area (Å²) in [5.74, 6) is 2.31. The van der Waals surface area contributed by atoms with Gasteiger partial charge in [0.1, 0.15) is 0 Å². The van der Waals surface area contributed by atoms with Gasteiger partial charge in [-0.3, -0.25) is 0 Å². The van der Waals surface area contributed by atoms with E-state index < -0.39 is 0 Å². The van der Waals surface area contributed by atoms with Gasteiger partial charge in [-0.1, -0.05) is 0 Å². The molecule has 84 valence electrons. The lowest BCUT2D eigenvalue weighted by Crippen LogP contribution is -2.28. The van der Waals surface area contributed by atoms with Crippen LogP contribution in [-0.2, 0) is 6.54 Å². The van der Waals surface area contributed by atoms with Crippen molar-refractivity contribution in [2.75, 3.05) is 17.6 Å². The standard InChI is InChI=1S/C11H19N3S/c1-3-14-7-6-12-10(14)13-9-11(2)5-4-8-15-11/h6-7H,3-5,8-9H2,1-2H3,(H,12,13). The first-order chi connectivity index (χ1) is 7.23. The van der Waals surface area contributed by atoms with Crippen LogP contribution in [0, 0.1) is 0 Å². The number of nitrogens with zero attached hydrogens (tertiary/aromatic N) is 2. The molecule has 2 heterocycles. The van der Waals surface area contributed by atoms with Crippen molar-refractivity contribution in [1.29, 1.82) is 0 Å². The van der Waals surface area contributed by atoms with Crippen molar-refractivity contribution < 1.29 is 0 Å². The molecule has 1 aliphatic rings. The fourth-order valence-electron chi connectivity index (χ4n) is 1.97. The third-order valence-electron chi connectivity index (χ3n) is 2.98. The summed E-state index contributed by atoms with van der Waals surface area (Å²) >= 11 is 2.08. The molecule has 1 aromatic heterocycles. The molecule has 1 unspecified atom stereocenters. The largest absolute Gasteiger partial charge is 0.354 e. The molecule has 1 aliphatic heterocycles. The molecule has 0 aromatic carbocycles. The van der Waals surface area contributed by atoms with Crippen molar-refractivity contribution in [1.82, 2.24) is 9.55 Å². The Kier molecular flexibility index (Phi) is 3.24. The number of rotatable bonds is 4. The van der Waals surface area contributed by atoms with E-state index in [1.807, 2.05) is 12.4 Å². The molecule has 1 fully saturated rings. The number of aryl methyl sites for hydroxylation is 1. The van der Waals surface area contributed by atoms with Crippen LogP contribution in [0.2, 0.25) is 0 Å². The number of nitrogens with one attached hydrogen (secondary N) is 1. The van der Waals surface area contributed by atoms with Crippen LogP contribution < -0.4 is 5.32 Å². The molecule has 1 atom stereocenters. The quantitative estimate of drug-likeness (QED) is 0.854. The summed E-state index contributed by atoms with van der Waals surface area (Å²) in [6.45, 7) is 6.48. The van der Waals surface area contributed by atoms with E-state index in [0.29, 0.717) is 4.75 Å². The van der Waals surface area contributed by atoms with E-state index in [-0.39, 0.29) is 0 Å². The summed E-state index contributed by atoms with van der Waals surface area (Å²) in [4.78, 5) is 4.32. The minimum absolute atomic E-state index is 0.407. The lowest BCUT2D eigenvalue weighted by molar-refractivity contribution is 0.628. The van der Waals surface area contributed by atoms with Gasteiger partial charge in [-0.2, -0.15) is 11.8 Å². The van der Waals surface area contributed by atoms with E-state index in [9.17, 15) is 0 Å². The second-order valence-electron chi connectivity index (χ2n) is 4.29. The molecule has 0 radical (unpaired) electrons. The van der Waals surface area contributed by atoms with Crippen LogP contribution in [0.15, 0.2) is 12.4 Å². The van der Waals surface area contributed by atoms with E-state index in [4.69, 9.17) is 0 Å². The number of hydrogen-bond acceptors (Lipinski definition) is 3. The molecule has 2 rings (SSSR count). The van der Waals surface area contributed by atoms with Crippen LogP contribution in [0.25, 0.3) is 0 Å². The topological polar surface area (TPSA) is 29.9 Å². The first-order valence-corrected chi connectivity index (χ1v) is 6.61. The zero-order valence-corrected chi connectivity index (χ0v) is 10.3. The van der Waals surface area contributed by atoms with E-state index in [1.54, 1.807) is 0 Å². The smallest absolute Gasteiger partial charge is 0.202 e. The molecule has 0 amide bonds. The Morgan fingerprint density at radius 2 is 2.53 bits per heavy atom. The molecule has 3 nitrogen and oxygen atoms in total. The Bertz CT molecular complexity index is 315. The monoisotopic (exact) mass is 225 g/mol. The van der Waals surface area contributed by atoms with Crippen molar-refractivity contribution in [3.8, 4) is 0 Å². The van der Waals surface area contributed by atoms with E-state index in [0.717, 1.165) is 19.0 Å². The summed E-state index contributed by atoms with van der Waals surface area (Å²) in [7, 11) is 0. The van der Waals surface area contributed by atoms with Gasteiger partial charge in [0.05, 0.1) is 0 Å². The minimum Gasteiger partial charge on any atom is -0.354 e. The van der Waals surface area contributed by atoms with Gasteiger partial charge in [0, 0.05) is 30.2 Å². The first kappa shape index (κ1) is 10.9. The highest BCUT2D eigenvalue weighted by atomic mass is 32.2. The number of imidazole rings is 1. The van der Waals surface area contributed by atoms with Gasteiger partial charge in [0.2, 0.25) is 5.95 Å². The SMILES string of the molecule is CCn1ccnc1NCC1(C)CCCS1. The van der Waals surface area contributed by atoms with Crippen LogP contribution in [0.1, 0.15) is 26.7 Å². The van der Waals surface area contributed by atoms with E-state index >= 15 is 0 Å². The summed E-state index contributed by atoms with van der Waals surface area (Å²) in [5, 5.41) is 3.46. The van der Waals surface area contributed by atoms with Crippen LogP contribution in [0.4, 0.5) is 5.95 Å². The third kappa shape index (κ3) is 2.48. The van der Waals surface area contributed by atoms with E-state index in [2.05, 4.69) is 40.5 Å². The van der Waals surface area contributed by atoms with E-state index in [1.165, 1.54) is 18.6 Å². The maximum atomic E-state index is 4.32. The first-order valence-electron chi connectivity index (χ1n) is 5.62. The van der Waals surface area contributed by atoms with Gasteiger partial charge < -0.3 is 9.88 Å². The third-order valence-corrected chi connectivity index (χ3v) is 4.52. The highest BCUT2D eigenvalue weighted by Gasteiger charge is 2.29. The molecule has 4 heteroatoms. The lowest BCUT2D eigenvalue weighted by atomic mass is 10.1. The van der Waals surface area contributed by atoms with Gasteiger partial charge in [-0.05, 0) is 32.4 Å². The molecule has 0 saturated carbocycles. The number of anilines is 1. The average Bonchev–Trinajstić information content (AvgIpc) is 2.84. The molecule has 1 aromatic rings. The fourth-order valence-corrected chi connectivity index (χ4v) is 3.22. The molecular formula is C11H19N3S. The van der Waals surface area contributed by atoms with Crippen molar-refractivity contribution in [2.24, 2.45) is 0 Å². The summed E-state index contributed by atoms with van der Waals surface area (Å²) in [5.41, 5.74) is 0. The molecule has 0 aliphatic carbocycles. The summed E-state index contributed by atoms with van der Waals surface area (Å²) in [6.07, 6.45) is 6.55. The molecular weight excluding hydrogens is 206 g/mol. The highest BCUT2D eigenvalue weighted by molar-refractivity contribution is 8.00. The predicted octanol–water partition coefficient (Wildman–Crippen LogP) is 2.60. The minimum atomic E-state index is 0.407. The highest BCUT2D eigenvalue weighted by Crippen LogP contribution is 2.37. The summed E-state index contributed by atoms with van der Waals surface area (Å²) in [6, 6.07) is 0. The van der Waals surface area contributed by atoms with Crippen LogP contribution in [0.5, 0.6) is 0 Å². The second kappa shape index (κ2) is 4.47. The van der Waals surface area contributed by atoms with Crippen molar-refractivity contribution in [3.63, 3.8) is 0 Å². The Morgan fingerprint density at radius 1 is 1.67 bits per heavy atom. The average molecular weight is 225 g/mol. The molecule has 0 spiro atoms. The maximum Gasteiger partial charge on any atom is 0.202 e. The zero-order chi connectivity index (χ0) is 10.7. The second-order valence-corrected chi connectivity index (χ2v) is 5.97. The van der Waals surface area contributed by atoms with Crippen molar-refractivity contribution in [3.05, 3.63) is 12.4 Å². The van der Waals surface area contributed by atoms with Gasteiger partial charge in [-0.15, -0.1) is 0 Å². The number of thioether (sulfide) groups is 1. The molecule has 15 heavy (non-hydrogen) atoms. The summed E-state index contributed by atoms with van der Waals surface area (Å²) < 4.78 is 2.55. The van der Waals surface area contributed by atoms with Gasteiger partial charge >= 0.3 is 0 Å². The Labute approximate surface area is 95.7 Å². The van der Waals surface area contributed by atoms with Crippen LogP contribution >= 0.6 is 11.8 Å². The normalized spacial score (nSPS) is 25.7.